The van der Waals surface area contributed by atoms with Gasteiger partial charge in [0.15, 0.2) is 0 Å². The van der Waals surface area contributed by atoms with Crippen LogP contribution >= 0.6 is 0 Å². The molecule has 2 aromatic carbocycles. The number of benzene rings is 2. The third kappa shape index (κ3) is 3.57. The summed E-state index contributed by atoms with van der Waals surface area (Å²) < 4.78 is 40.1. The molecule has 0 aliphatic heterocycles. The SMILES string of the molecule is Nc1ccc(S(=O)(=O)N[C@@H](CO)c2ccccc2)cc1F. The van der Waals surface area contributed by atoms with Gasteiger partial charge in [0.05, 0.1) is 23.2 Å². The molecule has 0 saturated carbocycles. The number of anilines is 1. The van der Waals surface area contributed by atoms with E-state index < -0.39 is 28.5 Å². The van der Waals surface area contributed by atoms with E-state index in [0.717, 1.165) is 6.07 Å². The van der Waals surface area contributed by atoms with Gasteiger partial charge in [-0.25, -0.2) is 17.5 Å². The Bertz CT molecular complexity index is 720. The lowest BCUT2D eigenvalue weighted by Gasteiger charge is -2.17. The van der Waals surface area contributed by atoms with Crippen LogP contribution in [0.2, 0.25) is 0 Å². The Morgan fingerprint density at radius 2 is 1.86 bits per heavy atom. The molecule has 0 saturated heterocycles. The number of aliphatic hydroxyl groups is 1. The van der Waals surface area contributed by atoms with Crippen LogP contribution in [0.15, 0.2) is 53.4 Å². The number of rotatable bonds is 5. The van der Waals surface area contributed by atoms with E-state index >= 15 is 0 Å². The van der Waals surface area contributed by atoms with Crippen LogP contribution in [0.5, 0.6) is 0 Å². The van der Waals surface area contributed by atoms with Gasteiger partial charge < -0.3 is 10.8 Å². The summed E-state index contributed by atoms with van der Waals surface area (Å²) in [5.74, 6) is -0.807. The molecule has 5 nitrogen and oxygen atoms in total. The van der Waals surface area contributed by atoms with E-state index in [-0.39, 0.29) is 10.6 Å². The first-order valence-electron chi connectivity index (χ1n) is 6.17. The van der Waals surface area contributed by atoms with Crippen molar-refractivity contribution in [3.8, 4) is 0 Å². The molecule has 0 amide bonds. The van der Waals surface area contributed by atoms with Crippen molar-refractivity contribution in [2.45, 2.75) is 10.9 Å². The van der Waals surface area contributed by atoms with Crippen LogP contribution in [0.3, 0.4) is 0 Å². The van der Waals surface area contributed by atoms with E-state index in [0.29, 0.717) is 5.56 Å². The normalized spacial score (nSPS) is 13.0. The van der Waals surface area contributed by atoms with Crippen molar-refractivity contribution in [3.05, 3.63) is 59.9 Å². The molecule has 112 valence electrons. The third-order valence-electron chi connectivity index (χ3n) is 2.96. The smallest absolute Gasteiger partial charge is 0.241 e. The first-order valence-corrected chi connectivity index (χ1v) is 7.65. The molecule has 2 rings (SSSR count). The molecule has 0 fully saturated rings. The van der Waals surface area contributed by atoms with E-state index in [1.165, 1.54) is 12.1 Å². The standard InChI is InChI=1S/C14H15FN2O3S/c15-12-8-11(6-7-13(12)16)21(19,20)17-14(9-18)10-4-2-1-3-5-10/h1-8,14,17-18H,9,16H2/t14-/m0/s1. The fourth-order valence-corrected chi connectivity index (χ4v) is 3.05. The van der Waals surface area contributed by atoms with Gasteiger partial charge in [-0.05, 0) is 23.8 Å². The van der Waals surface area contributed by atoms with Crippen LogP contribution in [0.1, 0.15) is 11.6 Å². The maximum absolute atomic E-state index is 13.4. The highest BCUT2D eigenvalue weighted by atomic mass is 32.2. The second-order valence-corrected chi connectivity index (χ2v) is 6.16. The van der Waals surface area contributed by atoms with Crippen LogP contribution in [-0.4, -0.2) is 20.1 Å². The van der Waals surface area contributed by atoms with Crippen molar-refractivity contribution < 1.29 is 17.9 Å². The molecule has 0 bridgehead atoms. The zero-order valence-electron chi connectivity index (χ0n) is 11.0. The third-order valence-corrected chi connectivity index (χ3v) is 4.43. The monoisotopic (exact) mass is 310 g/mol. The fourth-order valence-electron chi connectivity index (χ4n) is 1.83. The Morgan fingerprint density at radius 1 is 1.19 bits per heavy atom. The van der Waals surface area contributed by atoms with Crippen molar-refractivity contribution in [1.29, 1.82) is 0 Å². The second-order valence-electron chi connectivity index (χ2n) is 4.45. The molecular weight excluding hydrogens is 295 g/mol. The number of hydrogen-bond acceptors (Lipinski definition) is 4. The summed E-state index contributed by atoms with van der Waals surface area (Å²) >= 11 is 0. The topological polar surface area (TPSA) is 92.4 Å². The lowest BCUT2D eigenvalue weighted by Crippen LogP contribution is -2.31. The van der Waals surface area contributed by atoms with E-state index in [2.05, 4.69) is 4.72 Å². The van der Waals surface area contributed by atoms with Crippen LogP contribution in [-0.2, 0) is 10.0 Å². The molecular formula is C14H15FN2O3S. The predicted octanol–water partition coefficient (Wildman–Crippen LogP) is 1.42. The quantitative estimate of drug-likeness (QED) is 0.728. The summed E-state index contributed by atoms with van der Waals surface area (Å²) in [6.45, 7) is -0.416. The van der Waals surface area contributed by atoms with Crippen molar-refractivity contribution in [3.63, 3.8) is 0 Å². The van der Waals surface area contributed by atoms with E-state index in [9.17, 15) is 17.9 Å². The van der Waals surface area contributed by atoms with Crippen molar-refractivity contribution >= 4 is 15.7 Å². The average Bonchev–Trinajstić information content (AvgIpc) is 2.48. The van der Waals surface area contributed by atoms with Gasteiger partial charge in [0, 0.05) is 0 Å². The van der Waals surface area contributed by atoms with Crippen LogP contribution in [0.25, 0.3) is 0 Å². The van der Waals surface area contributed by atoms with Gasteiger partial charge in [-0.2, -0.15) is 0 Å². The minimum atomic E-state index is -3.96. The Kier molecular flexibility index (Phi) is 4.56. The summed E-state index contributed by atoms with van der Waals surface area (Å²) in [4.78, 5) is -0.247. The number of aliphatic hydroxyl groups excluding tert-OH is 1. The Hall–Kier alpha value is -1.96. The zero-order chi connectivity index (χ0) is 15.5. The van der Waals surface area contributed by atoms with Gasteiger partial charge in [-0.3, -0.25) is 0 Å². The number of halogens is 1. The van der Waals surface area contributed by atoms with Gasteiger partial charge in [0.25, 0.3) is 0 Å². The number of nitrogens with one attached hydrogen (secondary N) is 1. The average molecular weight is 310 g/mol. The van der Waals surface area contributed by atoms with Gasteiger partial charge in [-0.1, -0.05) is 30.3 Å². The van der Waals surface area contributed by atoms with Crippen LogP contribution in [0, 0.1) is 5.82 Å². The van der Waals surface area contributed by atoms with Gasteiger partial charge >= 0.3 is 0 Å². The first kappa shape index (κ1) is 15.4. The highest BCUT2D eigenvalue weighted by Crippen LogP contribution is 2.19. The van der Waals surface area contributed by atoms with Gasteiger partial charge in [0.2, 0.25) is 10.0 Å². The Morgan fingerprint density at radius 3 is 2.43 bits per heavy atom. The predicted molar refractivity (Wildman–Crippen MR) is 77.4 cm³/mol. The summed E-state index contributed by atoms with van der Waals surface area (Å²) in [5.41, 5.74) is 5.80. The first-order chi connectivity index (χ1) is 9.94. The number of nitrogen functional groups attached to an aromatic ring is 1. The number of sulfonamides is 1. The lowest BCUT2D eigenvalue weighted by molar-refractivity contribution is 0.259. The molecule has 2 aromatic rings. The molecule has 1 atom stereocenters. The molecule has 4 N–H and O–H groups in total. The molecule has 0 unspecified atom stereocenters. The number of nitrogens with two attached hydrogens (primary N) is 1. The minimum Gasteiger partial charge on any atom is -0.396 e. The summed E-state index contributed by atoms with van der Waals surface area (Å²) in [6, 6.07) is 11.0. The molecule has 0 spiro atoms. The van der Waals surface area contributed by atoms with Crippen molar-refractivity contribution in [2.24, 2.45) is 0 Å². The summed E-state index contributed by atoms with van der Waals surface area (Å²) in [6.07, 6.45) is 0. The van der Waals surface area contributed by atoms with Crippen LogP contribution in [0.4, 0.5) is 10.1 Å². The molecule has 0 aromatic heterocycles. The second kappa shape index (κ2) is 6.21. The van der Waals surface area contributed by atoms with Gasteiger partial charge in [0.1, 0.15) is 5.82 Å². The van der Waals surface area contributed by atoms with Crippen molar-refractivity contribution in [2.75, 3.05) is 12.3 Å². The summed E-state index contributed by atoms with van der Waals surface area (Å²) in [7, 11) is -3.96. The van der Waals surface area contributed by atoms with Gasteiger partial charge in [-0.15, -0.1) is 0 Å². The molecule has 0 aliphatic carbocycles. The zero-order valence-corrected chi connectivity index (χ0v) is 11.8. The molecule has 0 radical (unpaired) electrons. The Labute approximate surface area is 122 Å². The molecule has 7 heteroatoms. The minimum absolute atomic E-state index is 0.129. The van der Waals surface area contributed by atoms with Crippen LogP contribution < -0.4 is 10.5 Å². The molecule has 0 aliphatic rings. The maximum atomic E-state index is 13.4. The number of hydrogen-bond donors (Lipinski definition) is 3. The van der Waals surface area contributed by atoms with E-state index in [1.54, 1.807) is 30.3 Å². The fraction of sp³-hybridized carbons (Fsp3) is 0.143. The lowest BCUT2D eigenvalue weighted by atomic mass is 10.1. The molecule has 21 heavy (non-hydrogen) atoms. The van der Waals surface area contributed by atoms with E-state index in [1.807, 2.05) is 0 Å². The maximum Gasteiger partial charge on any atom is 0.241 e. The highest BCUT2D eigenvalue weighted by molar-refractivity contribution is 7.89. The Balaban J connectivity index is 2.29. The molecule has 0 heterocycles. The van der Waals surface area contributed by atoms with Crippen molar-refractivity contribution in [1.82, 2.24) is 4.72 Å². The highest BCUT2D eigenvalue weighted by Gasteiger charge is 2.21. The largest absolute Gasteiger partial charge is 0.396 e. The van der Waals surface area contributed by atoms with E-state index in [4.69, 9.17) is 5.73 Å². The summed E-state index contributed by atoms with van der Waals surface area (Å²) in [5, 5.41) is 9.37.